The van der Waals surface area contributed by atoms with E-state index in [1.165, 1.54) is 17.8 Å². The van der Waals surface area contributed by atoms with Crippen LogP contribution in [0.25, 0.3) is 4.96 Å². The Morgan fingerprint density at radius 3 is 3.17 bits per heavy atom. The first-order chi connectivity index (χ1) is 11.2. The minimum Gasteiger partial charge on any atom is -0.297 e. The number of nitrogens with one attached hydrogen (secondary N) is 1. The summed E-state index contributed by atoms with van der Waals surface area (Å²) in [5.74, 6) is 0.459. The van der Waals surface area contributed by atoms with Gasteiger partial charge in [0, 0.05) is 42.3 Å². The highest BCUT2D eigenvalue weighted by Crippen LogP contribution is 2.26. The molecule has 1 saturated heterocycles. The van der Waals surface area contributed by atoms with Gasteiger partial charge in [0.05, 0.1) is 11.4 Å². The zero-order valence-electron chi connectivity index (χ0n) is 13.0. The molecule has 23 heavy (non-hydrogen) atoms. The Kier molecular flexibility index (Phi) is 3.74. The lowest BCUT2D eigenvalue weighted by Crippen LogP contribution is -2.34. The van der Waals surface area contributed by atoms with Crippen LogP contribution in [0.3, 0.4) is 0 Å². The Hall–Kier alpha value is -1.99. The lowest BCUT2D eigenvalue weighted by Gasteiger charge is -2.31. The van der Waals surface area contributed by atoms with Crippen molar-refractivity contribution in [1.29, 1.82) is 0 Å². The fourth-order valence-electron chi connectivity index (χ4n) is 3.29. The molecule has 3 aromatic heterocycles. The van der Waals surface area contributed by atoms with Gasteiger partial charge in [-0.1, -0.05) is 0 Å². The summed E-state index contributed by atoms with van der Waals surface area (Å²) in [6, 6.07) is 3.79. The largest absolute Gasteiger partial charge is 0.297 e. The number of aryl methyl sites for hydroxylation is 1. The molecular formula is C16H19N5OS. The van der Waals surface area contributed by atoms with Crippen molar-refractivity contribution in [2.45, 2.75) is 32.2 Å². The minimum atomic E-state index is 0.00253. The van der Waals surface area contributed by atoms with Gasteiger partial charge in [0.1, 0.15) is 0 Å². The zero-order valence-corrected chi connectivity index (χ0v) is 13.8. The first-order valence-electron chi connectivity index (χ1n) is 7.89. The van der Waals surface area contributed by atoms with E-state index in [2.05, 4.69) is 26.1 Å². The van der Waals surface area contributed by atoms with Crippen molar-refractivity contribution in [1.82, 2.24) is 24.5 Å². The van der Waals surface area contributed by atoms with Crippen molar-refractivity contribution in [2.75, 3.05) is 13.1 Å². The van der Waals surface area contributed by atoms with Crippen LogP contribution in [-0.2, 0) is 6.54 Å². The first kappa shape index (κ1) is 14.6. The van der Waals surface area contributed by atoms with Crippen LogP contribution in [0.4, 0.5) is 0 Å². The van der Waals surface area contributed by atoms with Gasteiger partial charge in [0.15, 0.2) is 4.96 Å². The predicted molar refractivity (Wildman–Crippen MR) is 89.9 cm³/mol. The van der Waals surface area contributed by atoms with Gasteiger partial charge in [0.25, 0.3) is 5.56 Å². The second-order valence-corrected chi connectivity index (χ2v) is 7.06. The summed E-state index contributed by atoms with van der Waals surface area (Å²) in [5, 5.41) is 9.33. The second-order valence-electron chi connectivity index (χ2n) is 6.19. The molecule has 7 heteroatoms. The number of fused-ring (bicyclic) bond motifs is 1. The molecule has 4 rings (SSSR count). The Morgan fingerprint density at radius 2 is 2.35 bits per heavy atom. The number of likely N-dealkylation sites (tertiary alicyclic amines) is 1. The first-order valence-corrected chi connectivity index (χ1v) is 8.77. The van der Waals surface area contributed by atoms with Gasteiger partial charge in [-0.3, -0.25) is 19.2 Å². The highest BCUT2D eigenvalue weighted by molar-refractivity contribution is 7.15. The van der Waals surface area contributed by atoms with Crippen LogP contribution >= 0.6 is 11.3 Å². The predicted octanol–water partition coefficient (Wildman–Crippen LogP) is 2.17. The van der Waals surface area contributed by atoms with Crippen molar-refractivity contribution in [2.24, 2.45) is 0 Å². The molecule has 1 fully saturated rings. The van der Waals surface area contributed by atoms with E-state index in [0.717, 1.165) is 48.1 Å². The normalized spacial score (nSPS) is 19.4. The third-order valence-electron chi connectivity index (χ3n) is 4.39. The van der Waals surface area contributed by atoms with Gasteiger partial charge in [-0.25, -0.2) is 4.98 Å². The van der Waals surface area contributed by atoms with Crippen molar-refractivity contribution >= 4 is 16.3 Å². The third-order valence-corrected chi connectivity index (χ3v) is 5.15. The van der Waals surface area contributed by atoms with Gasteiger partial charge < -0.3 is 0 Å². The van der Waals surface area contributed by atoms with Crippen LogP contribution in [0.5, 0.6) is 0 Å². The maximum atomic E-state index is 12.1. The number of piperidine rings is 1. The van der Waals surface area contributed by atoms with Crippen LogP contribution in [-0.4, -0.2) is 37.6 Å². The van der Waals surface area contributed by atoms with E-state index in [4.69, 9.17) is 0 Å². The average Bonchev–Trinajstić information content (AvgIpc) is 3.16. The number of thiazole rings is 1. The molecule has 0 aromatic carbocycles. The summed E-state index contributed by atoms with van der Waals surface area (Å²) in [6.45, 7) is 4.77. The van der Waals surface area contributed by atoms with Crippen molar-refractivity contribution in [3.63, 3.8) is 0 Å². The van der Waals surface area contributed by atoms with Crippen LogP contribution in [0.2, 0.25) is 0 Å². The zero-order chi connectivity index (χ0) is 15.8. The molecule has 0 aliphatic carbocycles. The summed E-state index contributed by atoms with van der Waals surface area (Å²) in [5.41, 5.74) is 3.11. The van der Waals surface area contributed by atoms with Crippen molar-refractivity contribution < 1.29 is 0 Å². The fourth-order valence-corrected chi connectivity index (χ4v) is 4.03. The van der Waals surface area contributed by atoms with Crippen molar-refractivity contribution in [3.05, 3.63) is 51.1 Å². The summed E-state index contributed by atoms with van der Waals surface area (Å²) in [6.07, 6.45) is 4.09. The number of hydrogen-bond acceptors (Lipinski definition) is 5. The Morgan fingerprint density at radius 1 is 1.43 bits per heavy atom. The van der Waals surface area contributed by atoms with E-state index >= 15 is 0 Å². The molecular weight excluding hydrogens is 310 g/mol. The number of H-pyrrole nitrogens is 1. The van der Waals surface area contributed by atoms with E-state index in [1.54, 1.807) is 16.7 Å². The fraction of sp³-hybridized carbons (Fsp3) is 0.438. The molecule has 0 spiro atoms. The molecule has 0 unspecified atom stereocenters. The van der Waals surface area contributed by atoms with Crippen LogP contribution in [0, 0.1) is 6.92 Å². The molecule has 0 radical (unpaired) electrons. The Labute approximate surface area is 137 Å². The lowest BCUT2D eigenvalue weighted by molar-refractivity contribution is 0.196. The summed E-state index contributed by atoms with van der Waals surface area (Å²) < 4.78 is 1.60. The third kappa shape index (κ3) is 2.94. The molecule has 6 nitrogen and oxygen atoms in total. The molecule has 120 valence electrons. The molecule has 1 aliphatic heterocycles. The van der Waals surface area contributed by atoms with Gasteiger partial charge in [-0.2, -0.15) is 5.10 Å². The monoisotopic (exact) mass is 329 g/mol. The van der Waals surface area contributed by atoms with Gasteiger partial charge in [-0.15, -0.1) is 11.3 Å². The number of aromatic nitrogens is 4. The van der Waals surface area contributed by atoms with E-state index in [-0.39, 0.29) is 5.56 Å². The minimum absolute atomic E-state index is 0.00253. The maximum Gasteiger partial charge on any atom is 0.258 e. The van der Waals surface area contributed by atoms with E-state index in [9.17, 15) is 4.79 Å². The highest BCUT2D eigenvalue weighted by Gasteiger charge is 2.23. The van der Waals surface area contributed by atoms with Crippen LogP contribution < -0.4 is 5.56 Å². The van der Waals surface area contributed by atoms with Gasteiger partial charge in [0.2, 0.25) is 0 Å². The van der Waals surface area contributed by atoms with Gasteiger partial charge >= 0.3 is 0 Å². The smallest absolute Gasteiger partial charge is 0.258 e. The number of aromatic amines is 1. The number of nitrogens with zero attached hydrogens (tertiary/aromatic N) is 4. The maximum absolute atomic E-state index is 12.1. The molecule has 0 saturated carbocycles. The summed E-state index contributed by atoms with van der Waals surface area (Å²) in [4.78, 5) is 19.8. The number of rotatable bonds is 3. The molecule has 1 atom stereocenters. The molecule has 0 amide bonds. The standard InChI is InChI=1S/C16H19N5OS/c1-11-7-14(19-18-11)12-3-2-4-20(9-12)10-13-8-15(22)21-5-6-23-16(21)17-13/h5-8,12H,2-4,9-10H2,1H3,(H,18,19)/t12-/m1/s1. The van der Waals surface area contributed by atoms with E-state index in [0.29, 0.717) is 5.92 Å². The molecule has 0 bridgehead atoms. The lowest BCUT2D eigenvalue weighted by atomic mass is 9.94. The topological polar surface area (TPSA) is 66.3 Å². The molecule has 3 aromatic rings. The summed E-state index contributed by atoms with van der Waals surface area (Å²) >= 11 is 1.50. The average molecular weight is 329 g/mol. The molecule has 1 N–H and O–H groups in total. The van der Waals surface area contributed by atoms with Crippen LogP contribution in [0.1, 0.15) is 35.8 Å². The van der Waals surface area contributed by atoms with Crippen molar-refractivity contribution in [3.8, 4) is 0 Å². The Bertz CT molecular complexity index is 880. The van der Waals surface area contributed by atoms with Crippen LogP contribution in [0.15, 0.2) is 28.5 Å². The van der Waals surface area contributed by atoms with E-state index < -0.39 is 0 Å². The summed E-state index contributed by atoms with van der Waals surface area (Å²) in [7, 11) is 0. The quantitative estimate of drug-likeness (QED) is 0.800. The second kappa shape index (κ2) is 5.90. The van der Waals surface area contributed by atoms with Gasteiger partial charge in [-0.05, 0) is 32.4 Å². The number of hydrogen-bond donors (Lipinski definition) is 1. The molecule has 4 heterocycles. The molecule has 1 aliphatic rings. The Balaban J connectivity index is 1.52. The van der Waals surface area contributed by atoms with E-state index in [1.807, 2.05) is 12.3 Å². The highest BCUT2D eigenvalue weighted by atomic mass is 32.1. The SMILES string of the molecule is Cc1cc([C@@H]2CCCN(Cc3cc(=O)n4ccsc4n3)C2)n[nH]1.